The predicted molar refractivity (Wildman–Crippen MR) is 80.9 cm³/mol. The number of nitrogens with zero attached hydrogens (tertiary/aromatic N) is 3. The van der Waals surface area contributed by atoms with Crippen molar-refractivity contribution in [3.05, 3.63) is 17.3 Å². The number of rotatable bonds is 6. The zero-order chi connectivity index (χ0) is 14.6. The van der Waals surface area contributed by atoms with Crippen LogP contribution >= 0.6 is 11.8 Å². The molecule has 0 aliphatic rings. The van der Waals surface area contributed by atoms with Crippen molar-refractivity contribution in [3.63, 3.8) is 0 Å². The van der Waals surface area contributed by atoms with Gasteiger partial charge in [-0.25, -0.2) is 4.79 Å². The third-order valence-electron chi connectivity index (χ3n) is 3.03. The van der Waals surface area contributed by atoms with E-state index in [9.17, 15) is 4.79 Å². The lowest BCUT2D eigenvalue weighted by Gasteiger charge is -2.27. The molecule has 5 nitrogen and oxygen atoms in total. The number of aromatic nitrogens is 2. The second-order valence-electron chi connectivity index (χ2n) is 4.53. The van der Waals surface area contributed by atoms with E-state index in [2.05, 4.69) is 23.2 Å². The topological polar surface area (TPSA) is 58.4 Å². The van der Waals surface area contributed by atoms with Gasteiger partial charge in [0.2, 0.25) is 0 Å². The van der Waals surface area contributed by atoms with Crippen LogP contribution in [0.1, 0.15) is 18.2 Å². The van der Waals surface area contributed by atoms with Crippen molar-refractivity contribution in [2.45, 2.75) is 19.9 Å². The minimum atomic E-state index is -0.950. The van der Waals surface area contributed by atoms with Crippen molar-refractivity contribution in [1.29, 1.82) is 0 Å². The summed E-state index contributed by atoms with van der Waals surface area (Å²) in [6.07, 6.45) is 4.84. The summed E-state index contributed by atoms with van der Waals surface area (Å²) in [7, 11) is 3.89. The molecular weight excluding hydrogens is 262 g/mol. The number of carboxylic acids is 1. The van der Waals surface area contributed by atoms with E-state index in [-0.39, 0.29) is 0 Å². The van der Waals surface area contributed by atoms with E-state index in [1.54, 1.807) is 22.5 Å². The fourth-order valence-electron chi connectivity index (χ4n) is 1.99. The quantitative estimate of drug-likeness (QED) is 0.809. The summed E-state index contributed by atoms with van der Waals surface area (Å²) >= 11 is 1.79. The zero-order valence-corrected chi connectivity index (χ0v) is 12.9. The van der Waals surface area contributed by atoms with Gasteiger partial charge < -0.3 is 10.0 Å². The molecule has 106 valence electrons. The molecule has 1 aromatic heterocycles. The molecule has 1 aromatic rings. The SMILES string of the molecule is CSCC(C)N(C)c1c(/C=C/C(=O)O)c(C)nn1C. The van der Waals surface area contributed by atoms with Gasteiger partial charge in [-0.15, -0.1) is 0 Å². The fourth-order valence-corrected chi connectivity index (χ4v) is 2.70. The van der Waals surface area contributed by atoms with E-state index in [0.717, 1.165) is 28.9 Å². The number of hydrogen-bond acceptors (Lipinski definition) is 4. The van der Waals surface area contributed by atoms with Crippen LogP contribution in [0.25, 0.3) is 6.08 Å². The second kappa shape index (κ2) is 6.65. The molecule has 1 heterocycles. The number of anilines is 1. The first-order valence-corrected chi connectivity index (χ1v) is 7.44. The Morgan fingerprint density at radius 1 is 1.63 bits per heavy atom. The molecular formula is C13H21N3O2S. The standard InChI is InChI=1S/C13H21N3O2S/c1-9(8-19-5)15(3)13-11(6-7-12(17)18)10(2)14-16(13)4/h6-7,9H,8H2,1-5H3,(H,17,18)/b7-6+. The smallest absolute Gasteiger partial charge is 0.328 e. The van der Waals surface area contributed by atoms with Crippen molar-refractivity contribution in [3.8, 4) is 0 Å². The van der Waals surface area contributed by atoms with E-state index in [1.165, 1.54) is 0 Å². The molecule has 19 heavy (non-hydrogen) atoms. The third kappa shape index (κ3) is 3.76. The molecule has 1 rings (SSSR count). The van der Waals surface area contributed by atoms with E-state index in [4.69, 9.17) is 5.11 Å². The highest BCUT2D eigenvalue weighted by Gasteiger charge is 2.18. The van der Waals surface area contributed by atoms with Crippen LogP contribution in [0.3, 0.4) is 0 Å². The van der Waals surface area contributed by atoms with E-state index in [0.29, 0.717) is 6.04 Å². The maximum atomic E-state index is 10.7. The maximum absolute atomic E-state index is 10.7. The lowest BCUT2D eigenvalue weighted by molar-refractivity contribution is -0.131. The Morgan fingerprint density at radius 2 is 2.26 bits per heavy atom. The van der Waals surface area contributed by atoms with Crippen LogP contribution in [-0.4, -0.2) is 46.0 Å². The lowest BCUT2D eigenvalue weighted by atomic mass is 10.2. The highest BCUT2D eigenvalue weighted by atomic mass is 32.2. The lowest BCUT2D eigenvalue weighted by Crippen LogP contribution is -2.32. The normalized spacial score (nSPS) is 12.9. The number of aliphatic carboxylic acids is 1. The van der Waals surface area contributed by atoms with Gasteiger partial charge in [0.1, 0.15) is 5.82 Å². The van der Waals surface area contributed by atoms with Crippen molar-refractivity contribution in [1.82, 2.24) is 9.78 Å². The molecule has 0 spiro atoms. The highest BCUT2D eigenvalue weighted by molar-refractivity contribution is 7.98. The number of carboxylic acid groups (broad SMARTS) is 1. The Morgan fingerprint density at radius 3 is 2.79 bits per heavy atom. The minimum Gasteiger partial charge on any atom is -0.478 e. The van der Waals surface area contributed by atoms with Crippen LogP contribution in [-0.2, 0) is 11.8 Å². The van der Waals surface area contributed by atoms with Crippen LogP contribution in [0, 0.1) is 6.92 Å². The van der Waals surface area contributed by atoms with Crippen LogP contribution in [0.2, 0.25) is 0 Å². The number of thioether (sulfide) groups is 1. The molecule has 0 fully saturated rings. The number of hydrogen-bond donors (Lipinski definition) is 1. The van der Waals surface area contributed by atoms with Crippen molar-refractivity contribution >= 4 is 29.6 Å². The molecule has 0 aliphatic carbocycles. The molecule has 0 saturated carbocycles. The zero-order valence-electron chi connectivity index (χ0n) is 12.0. The Bertz CT molecular complexity index is 482. The Hall–Kier alpha value is -1.43. The van der Waals surface area contributed by atoms with Gasteiger partial charge in [0, 0.05) is 37.5 Å². The summed E-state index contributed by atoms with van der Waals surface area (Å²) in [5, 5.41) is 13.1. The van der Waals surface area contributed by atoms with Gasteiger partial charge in [0.15, 0.2) is 0 Å². The van der Waals surface area contributed by atoms with Gasteiger partial charge in [0.05, 0.1) is 5.69 Å². The van der Waals surface area contributed by atoms with Crippen molar-refractivity contribution in [2.75, 3.05) is 24.0 Å². The molecule has 0 bridgehead atoms. The van der Waals surface area contributed by atoms with E-state index in [1.807, 2.05) is 21.0 Å². The summed E-state index contributed by atoms with van der Waals surface area (Å²) < 4.78 is 1.80. The number of aryl methyl sites for hydroxylation is 2. The Kier molecular flexibility index (Phi) is 5.47. The van der Waals surface area contributed by atoms with Crippen LogP contribution in [0.4, 0.5) is 5.82 Å². The molecule has 1 N–H and O–H groups in total. The van der Waals surface area contributed by atoms with Crippen molar-refractivity contribution < 1.29 is 9.90 Å². The van der Waals surface area contributed by atoms with Gasteiger partial charge in [-0.3, -0.25) is 4.68 Å². The van der Waals surface area contributed by atoms with Crippen molar-refractivity contribution in [2.24, 2.45) is 7.05 Å². The largest absolute Gasteiger partial charge is 0.478 e. The second-order valence-corrected chi connectivity index (χ2v) is 5.44. The molecule has 0 saturated heterocycles. The van der Waals surface area contributed by atoms with Crippen LogP contribution < -0.4 is 4.90 Å². The van der Waals surface area contributed by atoms with Gasteiger partial charge in [-0.1, -0.05) is 0 Å². The average molecular weight is 283 g/mol. The maximum Gasteiger partial charge on any atom is 0.328 e. The van der Waals surface area contributed by atoms with Gasteiger partial charge in [0.25, 0.3) is 0 Å². The van der Waals surface area contributed by atoms with E-state index < -0.39 is 5.97 Å². The van der Waals surface area contributed by atoms with Gasteiger partial charge in [-0.05, 0) is 26.2 Å². The molecule has 0 radical (unpaired) electrons. The van der Waals surface area contributed by atoms with Gasteiger partial charge >= 0.3 is 5.97 Å². The minimum absolute atomic E-state index is 0.349. The molecule has 0 amide bonds. The summed E-state index contributed by atoms with van der Waals surface area (Å²) in [5.74, 6) is 0.994. The fraction of sp³-hybridized carbons (Fsp3) is 0.538. The number of carbonyl (C=O) groups is 1. The Labute approximate surface area is 118 Å². The first-order chi connectivity index (χ1) is 8.88. The summed E-state index contributed by atoms with van der Waals surface area (Å²) in [4.78, 5) is 12.8. The third-order valence-corrected chi connectivity index (χ3v) is 3.85. The monoisotopic (exact) mass is 283 g/mol. The molecule has 6 heteroatoms. The summed E-state index contributed by atoms with van der Waals surface area (Å²) in [6, 6.07) is 0.349. The van der Waals surface area contributed by atoms with Gasteiger partial charge in [-0.2, -0.15) is 16.9 Å². The molecule has 0 aliphatic heterocycles. The molecule has 1 unspecified atom stereocenters. The first kappa shape index (κ1) is 15.6. The predicted octanol–water partition coefficient (Wildman–Crippen LogP) is 2.01. The summed E-state index contributed by atoms with van der Waals surface area (Å²) in [6.45, 7) is 4.03. The van der Waals surface area contributed by atoms with Crippen LogP contribution in [0.15, 0.2) is 6.08 Å². The highest BCUT2D eigenvalue weighted by Crippen LogP contribution is 2.25. The molecule has 0 aromatic carbocycles. The average Bonchev–Trinajstić information content (AvgIpc) is 2.60. The summed E-state index contributed by atoms with van der Waals surface area (Å²) in [5.41, 5.74) is 1.69. The van der Waals surface area contributed by atoms with Crippen LogP contribution in [0.5, 0.6) is 0 Å². The van der Waals surface area contributed by atoms with E-state index >= 15 is 0 Å². The molecule has 1 atom stereocenters. The first-order valence-electron chi connectivity index (χ1n) is 6.04. The Balaban J connectivity index is 3.15.